The van der Waals surface area contributed by atoms with Gasteiger partial charge < -0.3 is 5.11 Å². The zero-order valence-corrected chi connectivity index (χ0v) is 10.6. The van der Waals surface area contributed by atoms with E-state index in [1.54, 1.807) is 6.07 Å². The number of rotatable bonds is 0. The SMILES string of the molecule is Oc1ccc2ccc3ccc4c(c3c2c1)=CCCC=4. The van der Waals surface area contributed by atoms with Gasteiger partial charge >= 0.3 is 0 Å². The molecule has 92 valence electrons. The molecule has 0 heterocycles. The van der Waals surface area contributed by atoms with Crippen molar-refractivity contribution in [2.24, 2.45) is 0 Å². The monoisotopic (exact) mass is 246 g/mol. The molecule has 0 radical (unpaired) electrons. The van der Waals surface area contributed by atoms with Gasteiger partial charge in [0, 0.05) is 0 Å². The van der Waals surface area contributed by atoms with Crippen LogP contribution >= 0.6 is 0 Å². The quantitative estimate of drug-likeness (QED) is 0.604. The van der Waals surface area contributed by atoms with Crippen molar-refractivity contribution in [1.82, 2.24) is 0 Å². The number of phenolic OH excluding ortho intramolecular Hbond substituents is 1. The first-order valence-corrected chi connectivity index (χ1v) is 6.68. The van der Waals surface area contributed by atoms with Gasteiger partial charge in [-0.15, -0.1) is 0 Å². The Morgan fingerprint density at radius 2 is 1.53 bits per heavy atom. The first-order valence-electron chi connectivity index (χ1n) is 6.68. The summed E-state index contributed by atoms with van der Waals surface area (Å²) >= 11 is 0. The summed E-state index contributed by atoms with van der Waals surface area (Å²) in [5, 5.41) is 17.2. The van der Waals surface area contributed by atoms with E-state index in [9.17, 15) is 5.11 Å². The highest BCUT2D eigenvalue weighted by Crippen LogP contribution is 2.26. The van der Waals surface area contributed by atoms with Crippen LogP contribution in [0, 0.1) is 0 Å². The summed E-state index contributed by atoms with van der Waals surface area (Å²) in [7, 11) is 0. The normalized spacial score (nSPS) is 13.9. The van der Waals surface area contributed by atoms with E-state index >= 15 is 0 Å². The highest BCUT2D eigenvalue weighted by molar-refractivity contribution is 6.08. The second-order valence-corrected chi connectivity index (χ2v) is 5.12. The summed E-state index contributed by atoms with van der Waals surface area (Å²) in [5.41, 5.74) is 0. The molecule has 3 aromatic carbocycles. The molecule has 0 fully saturated rings. The third-order valence-electron chi connectivity index (χ3n) is 3.94. The van der Waals surface area contributed by atoms with Gasteiger partial charge in [0.1, 0.15) is 5.75 Å². The summed E-state index contributed by atoms with van der Waals surface area (Å²) < 4.78 is 0. The maximum Gasteiger partial charge on any atom is 0.116 e. The van der Waals surface area contributed by atoms with E-state index in [-0.39, 0.29) is 0 Å². The van der Waals surface area contributed by atoms with Crippen molar-refractivity contribution >= 4 is 33.7 Å². The Morgan fingerprint density at radius 1 is 0.789 bits per heavy atom. The molecule has 0 saturated heterocycles. The molecule has 19 heavy (non-hydrogen) atoms. The average Bonchev–Trinajstić information content (AvgIpc) is 2.46. The third-order valence-corrected chi connectivity index (χ3v) is 3.94. The van der Waals surface area contributed by atoms with Gasteiger partial charge in [-0.2, -0.15) is 0 Å². The van der Waals surface area contributed by atoms with Crippen molar-refractivity contribution in [2.45, 2.75) is 12.8 Å². The molecule has 1 heteroatoms. The lowest BCUT2D eigenvalue weighted by molar-refractivity contribution is 0.476. The molecular weight excluding hydrogens is 232 g/mol. The molecule has 1 aliphatic carbocycles. The van der Waals surface area contributed by atoms with Crippen LogP contribution in [0.3, 0.4) is 0 Å². The van der Waals surface area contributed by atoms with Crippen molar-refractivity contribution in [3.05, 3.63) is 52.9 Å². The fourth-order valence-electron chi connectivity index (χ4n) is 3.04. The molecule has 0 amide bonds. The minimum Gasteiger partial charge on any atom is -0.508 e. The Bertz CT molecular complexity index is 920. The molecule has 0 aliphatic heterocycles. The summed E-state index contributed by atoms with van der Waals surface area (Å²) in [6.45, 7) is 0. The lowest BCUT2D eigenvalue weighted by Crippen LogP contribution is -2.27. The predicted octanol–water partition coefficient (Wildman–Crippen LogP) is 3.05. The lowest BCUT2D eigenvalue weighted by atomic mass is 9.96. The van der Waals surface area contributed by atoms with Gasteiger partial charge in [-0.25, -0.2) is 0 Å². The number of hydrogen-bond donors (Lipinski definition) is 1. The highest BCUT2D eigenvalue weighted by Gasteiger charge is 2.05. The van der Waals surface area contributed by atoms with E-state index in [1.807, 2.05) is 12.1 Å². The molecule has 0 atom stereocenters. The number of phenols is 1. The van der Waals surface area contributed by atoms with Gasteiger partial charge in [0.25, 0.3) is 0 Å². The maximum absolute atomic E-state index is 9.78. The largest absolute Gasteiger partial charge is 0.508 e. The molecule has 1 aliphatic rings. The van der Waals surface area contributed by atoms with Crippen LogP contribution in [0.15, 0.2) is 42.5 Å². The minimum absolute atomic E-state index is 0.331. The van der Waals surface area contributed by atoms with Crippen LogP contribution < -0.4 is 10.4 Å². The van der Waals surface area contributed by atoms with Crippen molar-refractivity contribution < 1.29 is 5.11 Å². The molecule has 0 saturated carbocycles. The number of fused-ring (bicyclic) bond motifs is 5. The van der Waals surface area contributed by atoms with E-state index in [1.165, 1.54) is 26.6 Å². The average molecular weight is 246 g/mol. The first kappa shape index (κ1) is 10.6. The molecule has 0 bridgehead atoms. The molecular formula is C18H14O. The van der Waals surface area contributed by atoms with Crippen LogP contribution in [0.25, 0.3) is 33.7 Å². The molecule has 1 N–H and O–H groups in total. The number of aromatic hydroxyl groups is 1. The van der Waals surface area contributed by atoms with Crippen molar-refractivity contribution in [3.63, 3.8) is 0 Å². The first-order chi connectivity index (χ1) is 9.33. The Hall–Kier alpha value is -2.28. The van der Waals surface area contributed by atoms with Gasteiger partial charge in [-0.05, 0) is 57.0 Å². The Balaban J connectivity index is 2.35. The number of benzene rings is 3. The number of hydrogen-bond acceptors (Lipinski definition) is 1. The summed E-state index contributed by atoms with van der Waals surface area (Å²) in [6, 6.07) is 14.3. The zero-order chi connectivity index (χ0) is 12.8. The lowest BCUT2D eigenvalue weighted by Gasteiger charge is -2.08. The van der Waals surface area contributed by atoms with E-state index in [0.717, 1.165) is 18.2 Å². The molecule has 4 rings (SSSR count). The van der Waals surface area contributed by atoms with Gasteiger partial charge in [0.2, 0.25) is 0 Å². The zero-order valence-electron chi connectivity index (χ0n) is 10.6. The minimum atomic E-state index is 0.331. The topological polar surface area (TPSA) is 20.2 Å². The molecule has 1 nitrogen and oxygen atoms in total. The molecule has 0 aromatic heterocycles. The smallest absolute Gasteiger partial charge is 0.116 e. The third kappa shape index (κ3) is 1.55. The Morgan fingerprint density at radius 3 is 2.47 bits per heavy atom. The van der Waals surface area contributed by atoms with Gasteiger partial charge in [-0.3, -0.25) is 0 Å². The maximum atomic E-state index is 9.78. The second kappa shape index (κ2) is 3.86. The molecule has 0 spiro atoms. The summed E-state index contributed by atoms with van der Waals surface area (Å²) in [5.74, 6) is 0.331. The van der Waals surface area contributed by atoms with Crippen LogP contribution in [0.5, 0.6) is 5.75 Å². The van der Waals surface area contributed by atoms with Crippen LogP contribution in [-0.4, -0.2) is 5.11 Å². The van der Waals surface area contributed by atoms with E-state index in [0.29, 0.717) is 5.75 Å². The van der Waals surface area contributed by atoms with Crippen LogP contribution in [0.2, 0.25) is 0 Å². The molecule has 0 unspecified atom stereocenters. The van der Waals surface area contributed by atoms with E-state index in [4.69, 9.17) is 0 Å². The fourth-order valence-corrected chi connectivity index (χ4v) is 3.04. The Labute approximate surface area is 111 Å². The second-order valence-electron chi connectivity index (χ2n) is 5.12. The predicted molar refractivity (Wildman–Crippen MR) is 80.5 cm³/mol. The van der Waals surface area contributed by atoms with Gasteiger partial charge in [-0.1, -0.05) is 42.5 Å². The van der Waals surface area contributed by atoms with Crippen molar-refractivity contribution in [1.29, 1.82) is 0 Å². The van der Waals surface area contributed by atoms with Crippen LogP contribution in [0.4, 0.5) is 0 Å². The van der Waals surface area contributed by atoms with Crippen LogP contribution in [0.1, 0.15) is 12.8 Å². The van der Waals surface area contributed by atoms with Gasteiger partial charge in [0.15, 0.2) is 0 Å². The van der Waals surface area contributed by atoms with Crippen LogP contribution in [-0.2, 0) is 0 Å². The van der Waals surface area contributed by atoms with E-state index < -0.39 is 0 Å². The standard InChI is InChI=1S/C18H14O/c19-15-10-9-13-6-8-14-7-5-12-3-1-2-4-16(12)18(14)17(13)11-15/h3-11,19H,1-2H2. The van der Waals surface area contributed by atoms with Crippen molar-refractivity contribution in [3.8, 4) is 5.75 Å². The van der Waals surface area contributed by atoms with E-state index in [2.05, 4.69) is 36.4 Å². The van der Waals surface area contributed by atoms with Crippen molar-refractivity contribution in [2.75, 3.05) is 0 Å². The van der Waals surface area contributed by atoms with Gasteiger partial charge in [0.05, 0.1) is 0 Å². The fraction of sp³-hybridized carbons (Fsp3) is 0.111. The Kier molecular flexibility index (Phi) is 2.16. The summed E-state index contributed by atoms with van der Waals surface area (Å²) in [4.78, 5) is 0. The highest BCUT2D eigenvalue weighted by atomic mass is 16.3. The molecule has 3 aromatic rings. The summed E-state index contributed by atoms with van der Waals surface area (Å²) in [6.07, 6.45) is 6.84.